The van der Waals surface area contributed by atoms with Crippen LogP contribution in [0.5, 0.6) is 5.75 Å². The number of methoxy groups -OCH3 is 1. The minimum Gasteiger partial charge on any atom is -0.497 e. The van der Waals surface area contributed by atoms with Crippen LogP contribution in [0.1, 0.15) is 22.3 Å². The van der Waals surface area contributed by atoms with Crippen LogP contribution >= 0.6 is 0 Å². The van der Waals surface area contributed by atoms with E-state index in [9.17, 15) is 14.4 Å². The third kappa shape index (κ3) is 5.49. The van der Waals surface area contributed by atoms with E-state index in [0.717, 1.165) is 22.3 Å². The second-order valence-corrected chi connectivity index (χ2v) is 8.45. The van der Waals surface area contributed by atoms with E-state index in [2.05, 4.69) is 0 Å². The lowest BCUT2D eigenvalue weighted by Gasteiger charge is -2.34. The first-order valence-electron chi connectivity index (χ1n) is 11.6. The van der Waals surface area contributed by atoms with Crippen molar-refractivity contribution in [3.63, 3.8) is 0 Å². The SMILES string of the molecule is COc1ccc(C=C2C(=O)N(CCc3ccccc3)C(=O)N(CCc3ccccc3)C2=O)c(C)c1. The molecule has 0 aromatic heterocycles. The fourth-order valence-corrected chi connectivity index (χ4v) is 4.08. The zero-order valence-electron chi connectivity index (χ0n) is 19.9. The fraction of sp³-hybridized carbons (Fsp3) is 0.207. The van der Waals surface area contributed by atoms with Crippen molar-refractivity contribution in [2.45, 2.75) is 19.8 Å². The molecule has 35 heavy (non-hydrogen) atoms. The Morgan fingerprint density at radius 2 is 1.26 bits per heavy atom. The van der Waals surface area contributed by atoms with Gasteiger partial charge in [-0.3, -0.25) is 19.4 Å². The van der Waals surface area contributed by atoms with Crippen LogP contribution in [-0.4, -0.2) is 47.8 Å². The number of rotatable bonds is 8. The first-order chi connectivity index (χ1) is 17.0. The monoisotopic (exact) mass is 468 g/mol. The number of benzene rings is 3. The summed E-state index contributed by atoms with van der Waals surface area (Å²) in [6.45, 7) is 2.27. The largest absolute Gasteiger partial charge is 0.497 e. The van der Waals surface area contributed by atoms with Crippen molar-refractivity contribution < 1.29 is 19.1 Å². The molecule has 0 N–H and O–H groups in total. The van der Waals surface area contributed by atoms with Gasteiger partial charge in [-0.2, -0.15) is 0 Å². The van der Waals surface area contributed by atoms with Gasteiger partial charge in [0, 0.05) is 13.1 Å². The number of aryl methyl sites for hydroxylation is 1. The first kappa shape index (κ1) is 24.0. The van der Waals surface area contributed by atoms with Gasteiger partial charge >= 0.3 is 6.03 Å². The van der Waals surface area contributed by atoms with Gasteiger partial charge in [0.25, 0.3) is 11.8 Å². The van der Waals surface area contributed by atoms with Gasteiger partial charge in [-0.05, 0) is 60.2 Å². The number of barbiturate groups is 1. The Kier molecular flexibility index (Phi) is 7.41. The Morgan fingerprint density at radius 3 is 1.71 bits per heavy atom. The molecule has 1 aliphatic heterocycles. The van der Waals surface area contributed by atoms with E-state index in [1.165, 1.54) is 9.80 Å². The average Bonchev–Trinajstić information content (AvgIpc) is 2.88. The Bertz CT molecular complexity index is 1180. The van der Waals surface area contributed by atoms with Crippen LogP contribution in [-0.2, 0) is 22.4 Å². The normalized spacial score (nSPS) is 13.9. The summed E-state index contributed by atoms with van der Waals surface area (Å²) in [7, 11) is 1.59. The van der Waals surface area contributed by atoms with Crippen LogP contribution in [0.3, 0.4) is 0 Å². The van der Waals surface area contributed by atoms with Crippen molar-refractivity contribution in [2.75, 3.05) is 20.2 Å². The maximum Gasteiger partial charge on any atom is 0.333 e. The van der Waals surface area contributed by atoms with Gasteiger partial charge in [0.15, 0.2) is 0 Å². The van der Waals surface area contributed by atoms with Gasteiger partial charge in [0.05, 0.1) is 7.11 Å². The molecule has 4 rings (SSSR count). The van der Waals surface area contributed by atoms with Crippen LogP contribution in [0.25, 0.3) is 6.08 Å². The highest BCUT2D eigenvalue weighted by Gasteiger charge is 2.41. The lowest BCUT2D eigenvalue weighted by molar-refractivity contribution is -0.135. The van der Waals surface area contributed by atoms with Crippen molar-refractivity contribution in [3.8, 4) is 5.75 Å². The van der Waals surface area contributed by atoms with Gasteiger partial charge in [0.2, 0.25) is 0 Å². The highest BCUT2D eigenvalue weighted by Crippen LogP contribution is 2.24. The molecule has 6 nitrogen and oxygen atoms in total. The number of carbonyl (C=O) groups excluding carboxylic acids is 3. The molecule has 1 saturated heterocycles. The molecule has 1 fully saturated rings. The molecule has 0 bridgehead atoms. The van der Waals surface area contributed by atoms with Crippen molar-refractivity contribution in [3.05, 3.63) is 107 Å². The predicted molar refractivity (Wildman–Crippen MR) is 135 cm³/mol. The topological polar surface area (TPSA) is 66.9 Å². The number of ether oxygens (including phenoxy) is 1. The molecule has 0 unspecified atom stereocenters. The van der Waals surface area contributed by atoms with Gasteiger partial charge < -0.3 is 4.74 Å². The van der Waals surface area contributed by atoms with Gasteiger partial charge in [-0.25, -0.2) is 4.79 Å². The summed E-state index contributed by atoms with van der Waals surface area (Å²) in [5.41, 5.74) is 3.60. The number of amides is 4. The molecule has 0 radical (unpaired) electrons. The van der Waals surface area contributed by atoms with Crippen LogP contribution < -0.4 is 4.74 Å². The van der Waals surface area contributed by atoms with E-state index in [0.29, 0.717) is 18.6 Å². The molecule has 0 aliphatic carbocycles. The molecule has 4 amide bonds. The zero-order valence-corrected chi connectivity index (χ0v) is 19.9. The van der Waals surface area contributed by atoms with Crippen molar-refractivity contribution in [1.29, 1.82) is 0 Å². The Labute approximate surface area is 205 Å². The van der Waals surface area contributed by atoms with E-state index in [1.54, 1.807) is 25.3 Å². The summed E-state index contributed by atoms with van der Waals surface area (Å²) >= 11 is 0. The van der Waals surface area contributed by atoms with E-state index in [4.69, 9.17) is 4.74 Å². The highest BCUT2D eigenvalue weighted by atomic mass is 16.5. The third-order valence-corrected chi connectivity index (χ3v) is 6.12. The smallest absolute Gasteiger partial charge is 0.333 e. The maximum atomic E-state index is 13.4. The summed E-state index contributed by atoms with van der Waals surface area (Å²) in [6.07, 6.45) is 2.60. The van der Waals surface area contributed by atoms with E-state index < -0.39 is 17.8 Å². The summed E-state index contributed by atoms with van der Waals surface area (Å²) in [4.78, 5) is 42.5. The van der Waals surface area contributed by atoms with E-state index in [1.807, 2.05) is 73.7 Å². The molecule has 0 spiro atoms. The van der Waals surface area contributed by atoms with Crippen molar-refractivity contribution in [1.82, 2.24) is 9.80 Å². The number of imide groups is 2. The van der Waals surface area contributed by atoms with Crippen molar-refractivity contribution >= 4 is 23.9 Å². The zero-order chi connectivity index (χ0) is 24.8. The molecule has 3 aromatic rings. The molecule has 0 atom stereocenters. The number of carbonyl (C=O) groups is 3. The Morgan fingerprint density at radius 1 is 0.743 bits per heavy atom. The molecular formula is C29H28N2O4. The summed E-state index contributed by atoms with van der Waals surface area (Å²) < 4.78 is 5.26. The minimum absolute atomic E-state index is 0.0148. The number of urea groups is 1. The first-order valence-corrected chi connectivity index (χ1v) is 11.6. The molecular weight excluding hydrogens is 440 g/mol. The molecule has 1 heterocycles. The number of hydrogen-bond donors (Lipinski definition) is 0. The summed E-state index contributed by atoms with van der Waals surface area (Å²) in [6, 6.07) is 24.2. The lowest BCUT2D eigenvalue weighted by Crippen LogP contribution is -2.57. The van der Waals surface area contributed by atoms with Crippen molar-refractivity contribution in [2.24, 2.45) is 0 Å². The predicted octanol–water partition coefficient (Wildman–Crippen LogP) is 4.66. The average molecular weight is 469 g/mol. The molecule has 0 saturated carbocycles. The van der Waals surface area contributed by atoms with Crippen LogP contribution in [0, 0.1) is 6.92 Å². The molecule has 1 aliphatic rings. The number of nitrogens with zero attached hydrogens (tertiary/aromatic N) is 2. The fourth-order valence-electron chi connectivity index (χ4n) is 4.08. The quantitative estimate of drug-likeness (QED) is 0.356. The maximum absolute atomic E-state index is 13.4. The summed E-state index contributed by atoms with van der Waals surface area (Å²) in [5.74, 6) is -0.445. The standard InChI is InChI=1S/C29H28N2O4/c1-21-19-25(35-2)14-13-24(21)20-26-27(32)30(17-15-22-9-5-3-6-10-22)29(34)31(28(26)33)18-16-23-11-7-4-8-12-23/h3-14,19-20H,15-18H2,1-2H3. The van der Waals surface area contributed by atoms with E-state index >= 15 is 0 Å². The molecule has 3 aromatic carbocycles. The Balaban J connectivity index is 1.65. The number of hydrogen-bond acceptors (Lipinski definition) is 4. The van der Waals surface area contributed by atoms with Crippen LogP contribution in [0.2, 0.25) is 0 Å². The van der Waals surface area contributed by atoms with Gasteiger partial charge in [-0.1, -0.05) is 66.7 Å². The van der Waals surface area contributed by atoms with Gasteiger partial charge in [0.1, 0.15) is 11.3 Å². The van der Waals surface area contributed by atoms with Gasteiger partial charge in [-0.15, -0.1) is 0 Å². The lowest BCUT2D eigenvalue weighted by atomic mass is 10.0. The van der Waals surface area contributed by atoms with E-state index in [-0.39, 0.29) is 18.7 Å². The second kappa shape index (κ2) is 10.8. The minimum atomic E-state index is -0.574. The van der Waals surface area contributed by atoms with Crippen LogP contribution in [0.4, 0.5) is 4.79 Å². The Hall–Kier alpha value is -4.19. The van der Waals surface area contributed by atoms with Crippen LogP contribution in [0.15, 0.2) is 84.4 Å². The molecule has 6 heteroatoms. The second-order valence-electron chi connectivity index (χ2n) is 8.45. The summed E-state index contributed by atoms with van der Waals surface area (Å²) in [5, 5.41) is 0. The third-order valence-electron chi connectivity index (χ3n) is 6.12. The molecule has 178 valence electrons. The highest BCUT2D eigenvalue weighted by molar-refractivity contribution is 6.30.